The van der Waals surface area contributed by atoms with Gasteiger partial charge in [0.05, 0.1) is 0 Å². The highest BCUT2D eigenvalue weighted by Crippen LogP contribution is 2.08. The van der Waals surface area contributed by atoms with Gasteiger partial charge in [-0.2, -0.15) is 0 Å². The molecule has 0 radical (unpaired) electrons. The van der Waals surface area contributed by atoms with Gasteiger partial charge in [-0.3, -0.25) is 9.78 Å². The Bertz CT molecular complexity index is 551. The van der Waals surface area contributed by atoms with Gasteiger partial charge in [-0.15, -0.1) is 0 Å². The van der Waals surface area contributed by atoms with Crippen LogP contribution in [-0.2, 0) is 16.1 Å². The third kappa shape index (κ3) is 16.7. The molecule has 1 aromatic rings. The monoisotopic (exact) mass is 399 g/mol. The number of aromatic nitrogens is 1. The zero-order chi connectivity index (χ0) is 20.8. The second-order valence-corrected chi connectivity index (χ2v) is 7.70. The maximum Gasteiger partial charge on any atom is 0.306 e. The van der Waals surface area contributed by atoms with Crippen LogP contribution in [-0.4, -0.2) is 11.0 Å². The fourth-order valence-electron chi connectivity index (χ4n) is 3.11. The number of hydrogen-bond acceptors (Lipinski definition) is 3. The van der Waals surface area contributed by atoms with E-state index >= 15 is 0 Å². The molecule has 0 bridgehead atoms. The molecule has 1 aromatic heterocycles. The van der Waals surface area contributed by atoms with Crippen molar-refractivity contribution in [1.82, 2.24) is 4.98 Å². The highest BCUT2D eigenvalue weighted by molar-refractivity contribution is 5.69. The molecule has 0 unspecified atom stereocenters. The Hall–Kier alpha value is -1.90. The smallest absolute Gasteiger partial charge is 0.306 e. The zero-order valence-electron chi connectivity index (χ0n) is 18.5. The molecule has 0 aliphatic carbocycles. The third-order valence-electron chi connectivity index (χ3n) is 4.92. The molecule has 0 aliphatic rings. The lowest BCUT2D eigenvalue weighted by Crippen LogP contribution is -2.04. The van der Waals surface area contributed by atoms with Gasteiger partial charge in [0.25, 0.3) is 0 Å². The number of hydrogen-bond donors (Lipinski definition) is 0. The molecule has 0 saturated heterocycles. The van der Waals surface area contributed by atoms with E-state index in [2.05, 4.69) is 36.2 Å². The summed E-state index contributed by atoms with van der Waals surface area (Å²) >= 11 is 0. The van der Waals surface area contributed by atoms with E-state index in [4.69, 9.17) is 4.74 Å². The predicted molar refractivity (Wildman–Crippen MR) is 123 cm³/mol. The molecule has 0 fully saturated rings. The van der Waals surface area contributed by atoms with Crippen LogP contribution >= 0.6 is 0 Å². The Morgan fingerprint density at radius 3 is 2.00 bits per heavy atom. The molecule has 1 rings (SSSR count). The predicted octanol–water partition coefficient (Wildman–Crippen LogP) is 7.72. The first-order valence-electron chi connectivity index (χ1n) is 11.7. The van der Waals surface area contributed by atoms with Crippen LogP contribution in [0.3, 0.4) is 0 Å². The maximum absolute atomic E-state index is 11.7. The molecule has 0 aliphatic heterocycles. The lowest BCUT2D eigenvalue weighted by atomic mass is 10.1. The van der Waals surface area contributed by atoms with Gasteiger partial charge in [0.15, 0.2) is 0 Å². The van der Waals surface area contributed by atoms with Gasteiger partial charge in [-0.1, -0.05) is 63.0 Å². The highest BCUT2D eigenvalue weighted by atomic mass is 16.5. The summed E-state index contributed by atoms with van der Waals surface area (Å²) in [7, 11) is 0. The maximum atomic E-state index is 11.7. The summed E-state index contributed by atoms with van der Waals surface area (Å²) in [6, 6.07) is 3.77. The number of esters is 1. The molecule has 3 heteroatoms. The van der Waals surface area contributed by atoms with Crippen molar-refractivity contribution in [3.05, 3.63) is 54.4 Å². The molecule has 29 heavy (non-hydrogen) atoms. The van der Waals surface area contributed by atoms with Crippen LogP contribution in [0.1, 0.15) is 102 Å². The molecule has 0 saturated carbocycles. The van der Waals surface area contributed by atoms with Crippen LogP contribution in [0.25, 0.3) is 0 Å². The second kappa shape index (κ2) is 19.4. The number of rotatable bonds is 18. The normalized spacial score (nSPS) is 11.5. The van der Waals surface area contributed by atoms with Crippen LogP contribution in [0, 0.1) is 0 Å². The molecule has 3 nitrogen and oxygen atoms in total. The van der Waals surface area contributed by atoms with E-state index < -0.39 is 0 Å². The van der Waals surface area contributed by atoms with E-state index in [1.807, 2.05) is 12.1 Å². The number of carbonyl (C=O) groups is 1. The minimum absolute atomic E-state index is 0.112. The van der Waals surface area contributed by atoms with Gasteiger partial charge < -0.3 is 4.74 Å². The Labute approximate surface area is 178 Å². The Balaban J connectivity index is 1.83. The Morgan fingerprint density at radius 1 is 0.862 bits per heavy atom. The van der Waals surface area contributed by atoms with Crippen molar-refractivity contribution in [2.75, 3.05) is 0 Å². The van der Waals surface area contributed by atoms with E-state index in [9.17, 15) is 4.79 Å². The molecular formula is C26H41NO2. The highest BCUT2D eigenvalue weighted by Gasteiger charge is 2.03. The summed E-state index contributed by atoms with van der Waals surface area (Å²) in [6.07, 6.45) is 29.2. The summed E-state index contributed by atoms with van der Waals surface area (Å²) in [5.74, 6) is -0.112. The van der Waals surface area contributed by atoms with Gasteiger partial charge in [0, 0.05) is 24.4 Å². The van der Waals surface area contributed by atoms with Crippen LogP contribution < -0.4 is 0 Å². The van der Waals surface area contributed by atoms with E-state index in [1.165, 1.54) is 57.8 Å². The number of unbranched alkanes of at least 4 members (excludes halogenated alkanes) is 10. The molecule has 0 atom stereocenters. The lowest BCUT2D eigenvalue weighted by molar-refractivity contribution is -0.145. The van der Waals surface area contributed by atoms with E-state index in [0.717, 1.165) is 31.2 Å². The Kier molecular flexibility index (Phi) is 16.8. The average molecular weight is 400 g/mol. The summed E-state index contributed by atoms with van der Waals surface area (Å²) in [4.78, 5) is 15.7. The minimum atomic E-state index is -0.112. The molecular weight excluding hydrogens is 358 g/mol. The quantitative estimate of drug-likeness (QED) is 0.144. The number of carbonyl (C=O) groups excluding carboxylic acids is 1. The summed E-state index contributed by atoms with van der Waals surface area (Å²) in [6.45, 7) is 2.58. The first-order valence-corrected chi connectivity index (χ1v) is 11.7. The van der Waals surface area contributed by atoms with Crippen molar-refractivity contribution >= 4 is 5.97 Å². The van der Waals surface area contributed by atoms with E-state index in [-0.39, 0.29) is 5.97 Å². The van der Waals surface area contributed by atoms with Crippen molar-refractivity contribution < 1.29 is 9.53 Å². The minimum Gasteiger partial charge on any atom is -0.461 e. The van der Waals surface area contributed by atoms with Gasteiger partial charge in [-0.25, -0.2) is 0 Å². The summed E-state index contributed by atoms with van der Waals surface area (Å²) in [5, 5.41) is 0. The zero-order valence-corrected chi connectivity index (χ0v) is 18.5. The molecule has 0 N–H and O–H groups in total. The van der Waals surface area contributed by atoms with Gasteiger partial charge in [-0.05, 0) is 63.9 Å². The van der Waals surface area contributed by atoms with Gasteiger partial charge in [0.1, 0.15) is 6.61 Å². The molecule has 1 heterocycles. The standard InChI is InChI=1S/C26H41NO2/c1-2-3-4-5-6-7-8-9-10-11-12-13-14-15-16-17-18-21-26(28)29-24-25-20-19-22-27-23-25/h7-8,13-14,19-20,22-23H,2-6,9-12,15-18,21,24H2,1H3/b8-7-,14-13-. The number of ether oxygens (including phenoxy) is 1. The second-order valence-electron chi connectivity index (χ2n) is 7.70. The van der Waals surface area contributed by atoms with Crippen molar-refractivity contribution in [1.29, 1.82) is 0 Å². The number of allylic oxidation sites excluding steroid dienone is 4. The number of nitrogens with zero attached hydrogens (tertiary/aromatic N) is 1. The lowest BCUT2D eigenvalue weighted by Gasteiger charge is -2.04. The van der Waals surface area contributed by atoms with Gasteiger partial charge in [0.2, 0.25) is 0 Å². The summed E-state index contributed by atoms with van der Waals surface area (Å²) < 4.78 is 5.26. The third-order valence-corrected chi connectivity index (χ3v) is 4.92. The van der Waals surface area contributed by atoms with Crippen molar-refractivity contribution in [3.8, 4) is 0 Å². The largest absolute Gasteiger partial charge is 0.461 e. The Morgan fingerprint density at radius 2 is 1.45 bits per heavy atom. The van der Waals surface area contributed by atoms with Gasteiger partial charge >= 0.3 is 5.97 Å². The van der Waals surface area contributed by atoms with E-state index in [0.29, 0.717) is 13.0 Å². The van der Waals surface area contributed by atoms with E-state index in [1.54, 1.807) is 12.4 Å². The molecule has 0 aromatic carbocycles. The van der Waals surface area contributed by atoms with Crippen LogP contribution in [0.4, 0.5) is 0 Å². The van der Waals surface area contributed by atoms with Crippen molar-refractivity contribution in [2.24, 2.45) is 0 Å². The van der Waals surface area contributed by atoms with Crippen LogP contribution in [0.2, 0.25) is 0 Å². The topological polar surface area (TPSA) is 39.2 Å². The first kappa shape index (κ1) is 25.1. The van der Waals surface area contributed by atoms with Crippen LogP contribution in [0.15, 0.2) is 48.8 Å². The number of pyridine rings is 1. The molecule has 0 spiro atoms. The van der Waals surface area contributed by atoms with Crippen molar-refractivity contribution in [3.63, 3.8) is 0 Å². The molecule has 162 valence electrons. The van der Waals surface area contributed by atoms with Crippen LogP contribution in [0.5, 0.6) is 0 Å². The SMILES string of the molecule is CCCCCC/C=C\CCCC/C=C\CCCCCC(=O)OCc1cccnc1. The summed E-state index contributed by atoms with van der Waals surface area (Å²) in [5.41, 5.74) is 0.935. The average Bonchev–Trinajstić information content (AvgIpc) is 2.75. The fraction of sp³-hybridized carbons (Fsp3) is 0.615. The fourth-order valence-corrected chi connectivity index (χ4v) is 3.11. The first-order chi connectivity index (χ1) is 14.3. The van der Waals surface area contributed by atoms with Crippen molar-refractivity contribution in [2.45, 2.75) is 103 Å². The molecule has 0 amide bonds.